The van der Waals surface area contributed by atoms with Crippen LogP contribution in [-0.2, 0) is 16.1 Å². The number of nitriles is 1. The van der Waals surface area contributed by atoms with Gasteiger partial charge in [-0.25, -0.2) is 4.98 Å². The topological polar surface area (TPSA) is 106 Å². The minimum Gasteiger partial charge on any atom is -0.481 e. The lowest BCUT2D eigenvalue weighted by molar-refractivity contribution is -0.143. The fourth-order valence-electron chi connectivity index (χ4n) is 2.22. The molecule has 2 rings (SSSR count). The smallest absolute Gasteiger partial charge is 0.305 e. The number of carbonyl (C=O) groups is 2. The van der Waals surface area contributed by atoms with Gasteiger partial charge in [-0.3, -0.25) is 14.5 Å². The van der Waals surface area contributed by atoms with Gasteiger partial charge in [-0.1, -0.05) is 6.07 Å². The number of aliphatic carboxylic acids is 1. The molecule has 2 heterocycles. The van der Waals surface area contributed by atoms with Gasteiger partial charge in [-0.15, -0.1) is 0 Å². The molecule has 1 aromatic rings. The summed E-state index contributed by atoms with van der Waals surface area (Å²) in [6, 6.07) is 4.76. The van der Waals surface area contributed by atoms with Crippen molar-refractivity contribution in [1.82, 2.24) is 15.2 Å². The summed E-state index contributed by atoms with van der Waals surface area (Å²) in [5.41, 5.74) is 0.993. The molecule has 20 heavy (non-hydrogen) atoms. The fourth-order valence-corrected chi connectivity index (χ4v) is 2.22. The molecule has 1 saturated heterocycles. The molecular formula is C13H14N4O3. The summed E-state index contributed by atoms with van der Waals surface area (Å²) in [7, 11) is 0. The summed E-state index contributed by atoms with van der Waals surface area (Å²) in [5.74, 6) is -1.32. The van der Waals surface area contributed by atoms with Crippen LogP contribution >= 0.6 is 0 Å². The number of hydrogen-bond acceptors (Lipinski definition) is 5. The van der Waals surface area contributed by atoms with Gasteiger partial charge in [0.1, 0.15) is 17.8 Å². The molecule has 0 spiro atoms. The first-order valence-corrected chi connectivity index (χ1v) is 6.19. The van der Waals surface area contributed by atoms with E-state index in [-0.39, 0.29) is 12.3 Å². The van der Waals surface area contributed by atoms with E-state index in [1.54, 1.807) is 17.0 Å². The van der Waals surface area contributed by atoms with Crippen molar-refractivity contribution in [2.45, 2.75) is 19.0 Å². The van der Waals surface area contributed by atoms with Crippen LogP contribution in [0.5, 0.6) is 0 Å². The molecule has 0 aliphatic carbocycles. The number of carboxylic acid groups (broad SMARTS) is 1. The third-order valence-corrected chi connectivity index (χ3v) is 3.18. The van der Waals surface area contributed by atoms with Crippen molar-refractivity contribution < 1.29 is 14.7 Å². The highest BCUT2D eigenvalue weighted by Crippen LogP contribution is 2.15. The van der Waals surface area contributed by atoms with E-state index >= 15 is 0 Å². The predicted molar refractivity (Wildman–Crippen MR) is 68.4 cm³/mol. The van der Waals surface area contributed by atoms with Crippen LogP contribution in [0.25, 0.3) is 0 Å². The first kappa shape index (κ1) is 14.0. The van der Waals surface area contributed by atoms with Crippen LogP contribution in [0.1, 0.15) is 17.7 Å². The number of amides is 1. The molecule has 0 aromatic carbocycles. The Hall–Kier alpha value is -2.46. The fraction of sp³-hybridized carbons (Fsp3) is 0.385. The second-order valence-electron chi connectivity index (χ2n) is 4.50. The zero-order valence-electron chi connectivity index (χ0n) is 10.7. The van der Waals surface area contributed by atoms with Crippen molar-refractivity contribution in [2.24, 2.45) is 0 Å². The average molecular weight is 274 g/mol. The number of hydrogen-bond donors (Lipinski definition) is 2. The zero-order chi connectivity index (χ0) is 14.5. The van der Waals surface area contributed by atoms with Gasteiger partial charge in [-0.05, 0) is 6.07 Å². The van der Waals surface area contributed by atoms with E-state index in [1.807, 2.05) is 6.07 Å². The Balaban J connectivity index is 2.19. The number of aromatic nitrogens is 1. The summed E-state index contributed by atoms with van der Waals surface area (Å²) in [6.07, 6.45) is 1.27. The SMILES string of the molecule is N#Cc1ncccc1CN1CCNC(=O)C1CC(=O)O. The molecule has 1 atom stereocenters. The summed E-state index contributed by atoms with van der Waals surface area (Å²) in [4.78, 5) is 28.4. The van der Waals surface area contributed by atoms with Gasteiger partial charge in [0.15, 0.2) is 0 Å². The van der Waals surface area contributed by atoms with Crippen molar-refractivity contribution in [1.29, 1.82) is 5.26 Å². The van der Waals surface area contributed by atoms with E-state index in [9.17, 15) is 9.59 Å². The lowest BCUT2D eigenvalue weighted by Gasteiger charge is -2.34. The predicted octanol–water partition coefficient (Wildman–Crippen LogP) is -0.272. The molecule has 0 saturated carbocycles. The number of nitrogens with zero attached hydrogens (tertiary/aromatic N) is 3. The molecule has 7 nitrogen and oxygen atoms in total. The van der Waals surface area contributed by atoms with Gasteiger partial charge < -0.3 is 10.4 Å². The number of carboxylic acids is 1. The van der Waals surface area contributed by atoms with Gasteiger partial charge in [0, 0.05) is 31.4 Å². The molecule has 7 heteroatoms. The minimum absolute atomic E-state index is 0.256. The molecule has 1 unspecified atom stereocenters. The van der Waals surface area contributed by atoms with E-state index < -0.39 is 12.0 Å². The maximum Gasteiger partial charge on any atom is 0.305 e. The number of rotatable bonds is 4. The van der Waals surface area contributed by atoms with Crippen LogP contribution in [-0.4, -0.2) is 46.0 Å². The Bertz CT molecular complexity index is 567. The standard InChI is InChI=1S/C13H14N4O3/c14-7-10-9(2-1-3-15-10)8-17-5-4-16-13(20)11(17)6-12(18)19/h1-3,11H,4-6,8H2,(H,16,20)(H,18,19). The van der Waals surface area contributed by atoms with Crippen molar-refractivity contribution >= 4 is 11.9 Å². The highest BCUT2D eigenvalue weighted by Gasteiger charge is 2.31. The van der Waals surface area contributed by atoms with Crippen LogP contribution in [0.15, 0.2) is 18.3 Å². The third kappa shape index (κ3) is 3.10. The Morgan fingerprint density at radius 3 is 3.15 bits per heavy atom. The van der Waals surface area contributed by atoms with E-state index in [0.717, 1.165) is 0 Å². The van der Waals surface area contributed by atoms with Gasteiger partial charge >= 0.3 is 5.97 Å². The number of piperazine rings is 1. The molecule has 1 fully saturated rings. The molecule has 1 amide bonds. The lowest BCUT2D eigenvalue weighted by atomic mass is 10.1. The largest absolute Gasteiger partial charge is 0.481 e. The quantitative estimate of drug-likeness (QED) is 0.782. The van der Waals surface area contributed by atoms with E-state index in [4.69, 9.17) is 10.4 Å². The highest BCUT2D eigenvalue weighted by molar-refractivity contribution is 5.86. The summed E-state index contributed by atoms with van der Waals surface area (Å²) in [6.45, 7) is 1.35. The van der Waals surface area contributed by atoms with Crippen molar-refractivity contribution in [3.05, 3.63) is 29.6 Å². The maximum atomic E-state index is 11.8. The van der Waals surface area contributed by atoms with Gasteiger partial charge in [0.2, 0.25) is 5.91 Å². The molecule has 1 aromatic heterocycles. The Morgan fingerprint density at radius 1 is 1.65 bits per heavy atom. The molecule has 1 aliphatic rings. The van der Waals surface area contributed by atoms with Crippen LogP contribution in [0, 0.1) is 11.3 Å². The van der Waals surface area contributed by atoms with Gasteiger partial charge in [0.25, 0.3) is 0 Å². The maximum absolute atomic E-state index is 11.8. The molecule has 1 aliphatic heterocycles. The van der Waals surface area contributed by atoms with E-state index in [2.05, 4.69) is 10.3 Å². The minimum atomic E-state index is -1.02. The molecule has 104 valence electrons. The highest BCUT2D eigenvalue weighted by atomic mass is 16.4. The summed E-state index contributed by atoms with van der Waals surface area (Å²) >= 11 is 0. The third-order valence-electron chi connectivity index (χ3n) is 3.18. The van der Waals surface area contributed by atoms with E-state index in [0.29, 0.717) is 30.9 Å². The van der Waals surface area contributed by atoms with Crippen LogP contribution in [0.3, 0.4) is 0 Å². The first-order valence-electron chi connectivity index (χ1n) is 6.19. The molecule has 0 bridgehead atoms. The Morgan fingerprint density at radius 2 is 2.45 bits per heavy atom. The second kappa shape index (κ2) is 6.12. The Kier molecular flexibility index (Phi) is 4.27. The van der Waals surface area contributed by atoms with Gasteiger partial charge in [-0.2, -0.15) is 5.26 Å². The number of carbonyl (C=O) groups excluding carboxylic acids is 1. The van der Waals surface area contributed by atoms with Gasteiger partial charge in [0.05, 0.1) is 6.42 Å². The van der Waals surface area contributed by atoms with Crippen molar-refractivity contribution in [2.75, 3.05) is 13.1 Å². The molecule has 2 N–H and O–H groups in total. The number of pyridine rings is 1. The monoisotopic (exact) mass is 274 g/mol. The lowest BCUT2D eigenvalue weighted by Crippen LogP contribution is -2.55. The van der Waals surface area contributed by atoms with Crippen LogP contribution in [0.2, 0.25) is 0 Å². The summed E-state index contributed by atoms with van der Waals surface area (Å²) in [5, 5.41) is 20.6. The normalized spacial score (nSPS) is 19.1. The first-order chi connectivity index (χ1) is 9.61. The number of nitrogens with one attached hydrogen (secondary N) is 1. The van der Waals surface area contributed by atoms with E-state index in [1.165, 1.54) is 6.20 Å². The van der Waals surface area contributed by atoms with Crippen molar-refractivity contribution in [3.63, 3.8) is 0 Å². The average Bonchev–Trinajstić information content (AvgIpc) is 2.43. The Labute approximate surface area is 115 Å². The van der Waals surface area contributed by atoms with Crippen LogP contribution < -0.4 is 5.32 Å². The summed E-state index contributed by atoms with van der Waals surface area (Å²) < 4.78 is 0. The second-order valence-corrected chi connectivity index (χ2v) is 4.50. The zero-order valence-corrected chi connectivity index (χ0v) is 10.7. The molecular weight excluding hydrogens is 260 g/mol. The molecule has 0 radical (unpaired) electrons. The van der Waals surface area contributed by atoms with Crippen molar-refractivity contribution in [3.8, 4) is 6.07 Å². The van der Waals surface area contributed by atoms with Crippen LogP contribution in [0.4, 0.5) is 0 Å².